The third-order valence-corrected chi connectivity index (χ3v) is 15.1. The Labute approximate surface area is 325 Å². The van der Waals surface area contributed by atoms with Gasteiger partial charge in [-0.3, -0.25) is 18.7 Å². The van der Waals surface area contributed by atoms with Gasteiger partial charge in [0, 0.05) is 38.3 Å². The number of benzene rings is 3. The molecule has 57 heavy (non-hydrogen) atoms. The summed E-state index contributed by atoms with van der Waals surface area (Å²) in [5, 5.41) is 23.8. The van der Waals surface area contributed by atoms with E-state index in [0.717, 1.165) is 36.1 Å². The first-order chi connectivity index (χ1) is 26.8. The minimum absolute atomic E-state index is 0.00209. The highest BCUT2D eigenvalue weighted by Crippen LogP contribution is 2.77. The van der Waals surface area contributed by atoms with Crippen molar-refractivity contribution in [3.8, 4) is 11.5 Å². The average molecular weight is 819 g/mol. The molecular weight excluding hydrogens is 785 g/mol. The first-order valence-corrected chi connectivity index (χ1v) is 21.3. The molecule has 4 N–H and O–H groups in total. The molecule has 4 aromatic rings. The molecule has 5 aliphatic carbocycles. The van der Waals surface area contributed by atoms with E-state index in [4.69, 9.17) is 22.3 Å². The fourth-order valence-electron chi connectivity index (χ4n) is 12.2. The summed E-state index contributed by atoms with van der Waals surface area (Å²) in [7, 11) is -10.1. The van der Waals surface area contributed by atoms with Crippen molar-refractivity contribution in [2.75, 3.05) is 6.61 Å². The summed E-state index contributed by atoms with van der Waals surface area (Å²) in [6, 6.07) is 8.47. The van der Waals surface area contributed by atoms with Crippen LogP contribution in [0.15, 0.2) is 58.7 Å². The molecule has 3 fully saturated rings. The molecule has 296 valence electrons. The number of aromatic hydroxyl groups is 1. The number of hydrogen-bond donors (Lipinski definition) is 4. The van der Waals surface area contributed by atoms with Crippen molar-refractivity contribution in [1.29, 1.82) is 0 Å². The fourth-order valence-corrected chi connectivity index (χ4v) is 13.0. The predicted molar refractivity (Wildman–Crippen MR) is 195 cm³/mol. The van der Waals surface area contributed by atoms with Crippen LogP contribution >= 0.6 is 0 Å². The third kappa shape index (κ3) is 4.10. The standard InChI is InChI=1S/C40H34O15S2/c1-36-8-3-5-18-16-51-34(31(18)36)32(42)23-12-22-21(13-25(23)36)30(55-57(48,49)50)15-27-33(22)53-40-37(2)9-4-10-38(27,40)17-52-39(40,44)35(43)24-11-19-20(14-26(24)37)29(7-6-28(19)41)54-56(45,46)47/h6-7,11-16,30,33,41,44H,3-5,8-10,17H2,1-2H3,(H,45,46,47)(H,48,49,50)/t30?,33?,36-,37-,38+,39+,40-/m0/s1. The highest BCUT2D eigenvalue weighted by molar-refractivity contribution is 7.81. The van der Waals surface area contributed by atoms with Crippen molar-refractivity contribution in [3.05, 3.63) is 105 Å². The van der Waals surface area contributed by atoms with Crippen LogP contribution in [0, 0.1) is 5.41 Å². The predicted octanol–water partition coefficient (Wildman–Crippen LogP) is 5.16. The number of hydrogen-bond acceptors (Lipinski definition) is 13. The van der Waals surface area contributed by atoms with Gasteiger partial charge in [0.1, 0.15) is 18.0 Å². The lowest BCUT2D eigenvalue weighted by atomic mass is 9.44. The van der Waals surface area contributed by atoms with Gasteiger partial charge >= 0.3 is 20.8 Å². The molecule has 7 atom stereocenters. The maximum atomic E-state index is 14.8. The summed E-state index contributed by atoms with van der Waals surface area (Å²) in [6.07, 6.45) is 3.98. The summed E-state index contributed by atoms with van der Waals surface area (Å²) in [6.45, 7) is 3.56. The first-order valence-electron chi connectivity index (χ1n) is 18.5. The van der Waals surface area contributed by atoms with Gasteiger partial charge < -0.3 is 28.3 Å². The van der Waals surface area contributed by atoms with Crippen molar-refractivity contribution >= 4 is 43.1 Å². The quantitative estimate of drug-likeness (QED) is 0.154. The van der Waals surface area contributed by atoms with E-state index in [2.05, 4.69) is 0 Å². The van der Waals surface area contributed by atoms with Crippen molar-refractivity contribution in [2.45, 2.75) is 86.8 Å². The van der Waals surface area contributed by atoms with Crippen molar-refractivity contribution in [3.63, 3.8) is 0 Å². The van der Waals surface area contributed by atoms with E-state index >= 15 is 0 Å². The van der Waals surface area contributed by atoms with Crippen LogP contribution < -0.4 is 4.18 Å². The second-order valence-corrected chi connectivity index (χ2v) is 18.9. The lowest BCUT2D eigenvalue weighted by Gasteiger charge is -2.60. The highest BCUT2D eigenvalue weighted by Gasteiger charge is 2.87. The molecule has 3 aromatic carbocycles. The number of rotatable bonds is 4. The summed E-state index contributed by atoms with van der Waals surface area (Å²) in [5.41, 5.74) is -1.16. The molecule has 0 radical (unpaired) electrons. The van der Waals surface area contributed by atoms with E-state index in [-0.39, 0.29) is 46.0 Å². The van der Waals surface area contributed by atoms with Gasteiger partial charge in [-0.1, -0.05) is 26.3 Å². The van der Waals surface area contributed by atoms with Gasteiger partial charge in [0.15, 0.2) is 17.1 Å². The van der Waals surface area contributed by atoms with E-state index in [1.807, 2.05) is 6.92 Å². The van der Waals surface area contributed by atoms with Crippen molar-refractivity contribution in [2.24, 2.45) is 5.41 Å². The number of aliphatic hydroxyl groups is 1. The normalized spacial score (nSPS) is 34.4. The number of ether oxygens (including phenoxy) is 2. The Balaban J connectivity index is 1.16. The monoisotopic (exact) mass is 818 g/mol. The van der Waals surface area contributed by atoms with Crippen LogP contribution in [0.2, 0.25) is 0 Å². The number of ketones is 2. The van der Waals surface area contributed by atoms with E-state index in [9.17, 15) is 45.7 Å². The van der Waals surface area contributed by atoms with E-state index in [1.54, 1.807) is 31.4 Å². The average Bonchev–Trinajstić information content (AvgIpc) is 3.80. The van der Waals surface area contributed by atoms with Gasteiger partial charge in [-0.25, -0.2) is 4.18 Å². The number of carbonyl (C=O) groups is 2. The molecule has 17 heteroatoms. The number of fused-ring (bicyclic) bond motifs is 8. The minimum Gasteiger partial charge on any atom is -0.507 e. The number of phenolic OH excluding ortho intramolecular Hbond substituents is 1. The molecule has 0 bridgehead atoms. The van der Waals surface area contributed by atoms with Crippen LogP contribution in [0.3, 0.4) is 0 Å². The topological polar surface area (TPSA) is 233 Å². The van der Waals surface area contributed by atoms with Gasteiger partial charge in [0.05, 0.1) is 18.3 Å². The molecule has 1 saturated carbocycles. The number of carbonyl (C=O) groups excluding carboxylic acids is 2. The Hall–Kier alpha value is -4.46. The Kier molecular flexibility index (Phi) is 6.62. The van der Waals surface area contributed by atoms with E-state index < -0.39 is 66.4 Å². The summed E-state index contributed by atoms with van der Waals surface area (Å²) in [4.78, 5) is 29.1. The first kappa shape index (κ1) is 35.7. The van der Waals surface area contributed by atoms with Crippen LogP contribution in [-0.2, 0) is 51.7 Å². The van der Waals surface area contributed by atoms with Crippen LogP contribution in [-0.4, -0.2) is 65.7 Å². The Morgan fingerprint density at radius 2 is 1.67 bits per heavy atom. The van der Waals surface area contributed by atoms with Crippen LogP contribution in [0.4, 0.5) is 0 Å². The zero-order valence-corrected chi connectivity index (χ0v) is 32.0. The SMILES string of the molecule is C[C@@]12CCCc3coc(c31)C(=O)c1cc3c(cc12)C(OS(=O)(=O)O)C=C1C3O[C@]23[C@@]14CCC[C@@]2(C)c1cc2c(OS(=O)(=O)O)ccc(O)c2cc1C(=O)[C@@]3(O)OC4. The van der Waals surface area contributed by atoms with Gasteiger partial charge in [0.2, 0.25) is 11.6 Å². The largest absolute Gasteiger partial charge is 0.507 e. The number of aryl methyl sites for hydroxylation is 1. The van der Waals surface area contributed by atoms with Gasteiger partial charge in [-0.2, -0.15) is 16.8 Å². The summed E-state index contributed by atoms with van der Waals surface area (Å²) >= 11 is 0. The molecule has 11 rings (SSSR count). The fraction of sp³-hybridized carbons (Fsp3) is 0.400. The molecule has 1 spiro atoms. The van der Waals surface area contributed by atoms with Gasteiger partial charge in [0.25, 0.3) is 5.79 Å². The zero-order chi connectivity index (χ0) is 40.0. The Bertz CT molecular complexity index is 2880. The molecule has 2 saturated heterocycles. The lowest BCUT2D eigenvalue weighted by molar-refractivity contribution is -0.276. The maximum absolute atomic E-state index is 14.8. The minimum atomic E-state index is -5.08. The van der Waals surface area contributed by atoms with E-state index in [1.165, 1.54) is 12.1 Å². The second kappa shape index (κ2) is 10.6. The molecule has 2 unspecified atom stereocenters. The zero-order valence-electron chi connectivity index (χ0n) is 30.3. The number of Topliss-reactive ketones (excluding diaryl/α,β-unsaturated/α-hetero) is 1. The Morgan fingerprint density at radius 3 is 2.42 bits per heavy atom. The summed E-state index contributed by atoms with van der Waals surface area (Å²) in [5.74, 6) is -4.33. The number of phenols is 1. The lowest BCUT2D eigenvalue weighted by Crippen LogP contribution is -2.74. The molecule has 2 aliphatic heterocycles. The summed E-state index contributed by atoms with van der Waals surface area (Å²) < 4.78 is 98.1. The van der Waals surface area contributed by atoms with Gasteiger partial charge in [-0.05, 0) is 102 Å². The third-order valence-electron chi connectivity index (χ3n) is 14.3. The van der Waals surface area contributed by atoms with Gasteiger partial charge in [-0.15, -0.1) is 0 Å². The molecule has 3 heterocycles. The van der Waals surface area contributed by atoms with Crippen LogP contribution in [0.25, 0.3) is 10.8 Å². The van der Waals surface area contributed by atoms with E-state index in [0.29, 0.717) is 59.1 Å². The maximum Gasteiger partial charge on any atom is 0.446 e. The molecule has 1 aromatic heterocycles. The molecule has 0 amide bonds. The van der Waals surface area contributed by atoms with Crippen LogP contribution in [0.1, 0.15) is 118 Å². The molecule has 7 aliphatic rings. The molecular formula is C40H34O15S2. The molecule has 15 nitrogen and oxygen atoms in total. The number of furan rings is 1. The van der Waals surface area contributed by atoms with Crippen molar-refractivity contribution < 1.29 is 68.0 Å². The smallest absolute Gasteiger partial charge is 0.446 e. The Morgan fingerprint density at radius 1 is 0.877 bits per heavy atom. The second-order valence-electron chi connectivity index (χ2n) is 16.8. The highest BCUT2D eigenvalue weighted by atomic mass is 32.3. The van der Waals surface area contributed by atoms with Crippen LogP contribution in [0.5, 0.6) is 11.5 Å². The van der Waals surface area contributed by atoms with Crippen molar-refractivity contribution in [1.82, 2.24) is 0 Å².